The number of nitrogens with zero attached hydrogens (tertiary/aromatic N) is 3. The zero-order chi connectivity index (χ0) is 12.4. The highest BCUT2D eigenvalue weighted by atomic mass is 32.2. The summed E-state index contributed by atoms with van der Waals surface area (Å²) in [5.74, 6) is 0. The molecule has 0 unspecified atom stereocenters. The Bertz CT molecular complexity index is 638. The molecule has 0 atom stereocenters. The van der Waals surface area contributed by atoms with Crippen LogP contribution in [0.3, 0.4) is 0 Å². The molecule has 2 heterocycles. The third kappa shape index (κ3) is 1.99. The third-order valence-corrected chi connectivity index (χ3v) is 3.91. The number of nitriles is 1. The Kier molecular flexibility index (Phi) is 3.31. The van der Waals surface area contributed by atoms with Crippen molar-refractivity contribution in [2.45, 2.75) is 5.16 Å². The van der Waals surface area contributed by atoms with E-state index in [-0.39, 0.29) is 11.1 Å². The second kappa shape index (κ2) is 4.73. The van der Waals surface area contributed by atoms with E-state index in [9.17, 15) is 4.79 Å². The second-order valence-corrected chi connectivity index (χ2v) is 5.00. The van der Waals surface area contributed by atoms with Crippen molar-refractivity contribution in [3.05, 3.63) is 33.4 Å². The van der Waals surface area contributed by atoms with Crippen molar-refractivity contribution in [3.8, 4) is 16.6 Å². The van der Waals surface area contributed by atoms with E-state index in [1.165, 1.54) is 27.7 Å². The van der Waals surface area contributed by atoms with Crippen molar-refractivity contribution in [2.75, 3.05) is 6.26 Å². The van der Waals surface area contributed by atoms with Crippen LogP contribution in [0.4, 0.5) is 0 Å². The van der Waals surface area contributed by atoms with Gasteiger partial charge in [0.05, 0.1) is 4.88 Å². The molecule has 86 valence electrons. The van der Waals surface area contributed by atoms with Crippen LogP contribution < -0.4 is 5.56 Å². The van der Waals surface area contributed by atoms with Gasteiger partial charge in [-0.15, -0.1) is 11.3 Å². The molecule has 0 saturated heterocycles. The first-order chi connectivity index (χ1) is 8.19. The summed E-state index contributed by atoms with van der Waals surface area (Å²) in [5, 5.41) is 11.6. The minimum Gasteiger partial charge on any atom is -0.290 e. The minimum atomic E-state index is -0.296. The Hall–Kier alpha value is -1.58. The molecule has 0 radical (unpaired) electrons. The smallest absolute Gasteiger partial charge is 0.272 e. The van der Waals surface area contributed by atoms with Crippen LogP contribution >= 0.6 is 23.1 Å². The predicted molar refractivity (Wildman–Crippen MR) is 69.3 cm³/mol. The Labute approximate surface area is 107 Å². The third-order valence-electron chi connectivity index (χ3n) is 2.30. The van der Waals surface area contributed by atoms with Gasteiger partial charge in [0.2, 0.25) is 0 Å². The summed E-state index contributed by atoms with van der Waals surface area (Å²) < 4.78 is 1.40. The van der Waals surface area contributed by atoms with Crippen molar-refractivity contribution in [3.63, 3.8) is 0 Å². The van der Waals surface area contributed by atoms with E-state index in [4.69, 9.17) is 5.26 Å². The number of hydrogen-bond donors (Lipinski definition) is 0. The zero-order valence-electron chi connectivity index (χ0n) is 9.30. The maximum Gasteiger partial charge on any atom is 0.272 e. The molecule has 0 N–H and O–H groups in total. The fourth-order valence-corrected chi connectivity index (χ4v) is 2.72. The number of rotatable bonds is 2. The Morgan fingerprint density at radius 3 is 2.88 bits per heavy atom. The van der Waals surface area contributed by atoms with Gasteiger partial charge >= 0.3 is 0 Å². The Balaban J connectivity index is 2.80. The van der Waals surface area contributed by atoms with Gasteiger partial charge in [-0.25, -0.2) is 4.98 Å². The first-order valence-corrected chi connectivity index (χ1v) is 6.88. The standard InChI is InChI=1S/C11H9N3OS2/c1-14-10(15)7(6-12)9(13-11(14)16-2)8-4-3-5-17-8/h3-5H,1-2H3. The van der Waals surface area contributed by atoms with E-state index < -0.39 is 0 Å². The number of aromatic nitrogens is 2. The van der Waals surface area contributed by atoms with Gasteiger partial charge in [-0.1, -0.05) is 17.8 Å². The molecule has 2 aromatic rings. The van der Waals surface area contributed by atoms with Crippen LogP contribution in [0.25, 0.3) is 10.6 Å². The molecule has 6 heteroatoms. The first-order valence-electron chi connectivity index (χ1n) is 4.78. The van der Waals surface area contributed by atoms with Gasteiger partial charge in [-0.05, 0) is 17.7 Å². The average Bonchev–Trinajstić information content (AvgIpc) is 2.86. The molecular weight excluding hydrogens is 254 g/mol. The van der Waals surface area contributed by atoms with Crippen LogP contribution in [0.2, 0.25) is 0 Å². The van der Waals surface area contributed by atoms with Crippen molar-refractivity contribution >= 4 is 23.1 Å². The second-order valence-electron chi connectivity index (χ2n) is 3.28. The van der Waals surface area contributed by atoms with Gasteiger partial charge in [0.1, 0.15) is 17.3 Å². The molecule has 2 aromatic heterocycles. The maximum atomic E-state index is 12.0. The van der Waals surface area contributed by atoms with Crippen LogP contribution in [-0.4, -0.2) is 15.8 Å². The fraction of sp³-hybridized carbons (Fsp3) is 0.182. The Morgan fingerprint density at radius 1 is 1.59 bits per heavy atom. The first kappa shape index (κ1) is 11.9. The summed E-state index contributed by atoms with van der Waals surface area (Å²) in [4.78, 5) is 17.2. The molecule has 0 aliphatic carbocycles. The molecule has 0 spiro atoms. The summed E-state index contributed by atoms with van der Waals surface area (Å²) in [5.41, 5.74) is 0.290. The lowest BCUT2D eigenvalue weighted by Gasteiger charge is -2.07. The van der Waals surface area contributed by atoms with Crippen LogP contribution in [0.1, 0.15) is 5.56 Å². The highest BCUT2D eigenvalue weighted by molar-refractivity contribution is 7.98. The molecule has 0 aliphatic heterocycles. The minimum absolute atomic E-state index is 0.104. The average molecular weight is 263 g/mol. The zero-order valence-corrected chi connectivity index (χ0v) is 10.9. The molecule has 4 nitrogen and oxygen atoms in total. The number of thioether (sulfide) groups is 1. The van der Waals surface area contributed by atoms with E-state index in [0.29, 0.717) is 10.9 Å². The molecule has 0 bridgehead atoms. The molecule has 0 amide bonds. The van der Waals surface area contributed by atoms with Crippen molar-refractivity contribution < 1.29 is 0 Å². The highest BCUT2D eigenvalue weighted by Gasteiger charge is 2.16. The lowest BCUT2D eigenvalue weighted by molar-refractivity contribution is 0.709. The molecule has 0 saturated carbocycles. The van der Waals surface area contributed by atoms with E-state index >= 15 is 0 Å². The van der Waals surface area contributed by atoms with E-state index in [1.807, 2.05) is 29.8 Å². The quantitative estimate of drug-likeness (QED) is 0.615. The van der Waals surface area contributed by atoms with E-state index in [0.717, 1.165) is 4.88 Å². The van der Waals surface area contributed by atoms with Crippen LogP contribution in [0.5, 0.6) is 0 Å². The largest absolute Gasteiger partial charge is 0.290 e. The van der Waals surface area contributed by atoms with Gasteiger partial charge in [0, 0.05) is 7.05 Å². The summed E-state index contributed by atoms with van der Waals surface area (Å²) in [6.07, 6.45) is 1.85. The Morgan fingerprint density at radius 2 is 2.35 bits per heavy atom. The van der Waals surface area contributed by atoms with Gasteiger partial charge < -0.3 is 0 Å². The van der Waals surface area contributed by atoms with Gasteiger partial charge in [-0.2, -0.15) is 5.26 Å². The number of hydrogen-bond acceptors (Lipinski definition) is 5. The monoisotopic (exact) mass is 263 g/mol. The van der Waals surface area contributed by atoms with Gasteiger partial charge in [-0.3, -0.25) is 9.36 Å². The highest BCUT2D eigenvalue weighted by Crippen LogP contribution is 2.25. The summed E-state index contributed by atoms with van der Waals surface area (Å²) in [6, 6.07) is 5.68. The van der Waals surface area contributed by atoms with E-state index in [1.54, 1.807) is 7.05 Å². The molecule has 0 aliphatic rings. The van der Waals surface area contributed by atoms with Crippen LogP contribution in [0, 0.1) is 11.3 Å². The van der Waals surface area contributed by atoms with Gasteiger partial charge in [0.15, 0.2) is 5.16 Å². The van der Waals surface area contributed by atoms with Crippen molar-refractivity contribution in [1.29, 1.82) is 5.26 Å². The molecular formula is C11H9N3OS2. The fourth-order valence-electron chi connectivity index (χ4n) is 1.46. The van der Waals surface area contributed by atoms with Gasteiger partial charge in [0.25, 0.3) is 5.56 Å². The lowest BCUT2D eigenvalue weighted by Crippen LogP contribution is -2.23. The summed E-state index contributed by atoms with van der Waals surface area (Å²) >= 11 is 2.86. The lowest BCUT2D eigenvalue weighted by atomic mass is 10.2. The van der Waals surface area contributed by atoms with E-state index in [2.05, 4.69) is 4.98 Å². The predicted octanol–water partition coefficient (Wildman–Crippen LogP) is 2.10. The molecule has 2 rings (SSSR count). The van der Waals surface area contributed by atoms with Crippen molar-refractivity contribution in [1.82, 2.24) is 9.55 Å². The van der Waals surface area contributed by atoms with Crippen LogP contribution in [-0.2, 0) is 7.05 Å². The maximum absolute atomic E-state index is 12.0. The molecule has 17 heavy (non-hydrogen) atoms. The topological polar surface area (TPSA) is 58.7 Å². The SMILES string of the molecule is CSc1nc(-c2cccs2)c(C#N)c(=O)n1C. The molecule has 0 aromatic carbocycles. The van der Waals surface area contributed by atoms with Crippen LogP contribution in [0.15, 0.2) is 27.5 Å². The molecule has 0 fully saturated rings. The summed E-state index contributed by atoms with van der Waals surface area (Å²) in [7, 11) is 1.63. The summed E-state index contributed by atoms with van der Waals surface area (Å²) in [6.45, 7) is 0. The normalized spacial score (nSPS) is 10.2. The van der Waals surface area contributed by atoms with Crippen molar-refractivity contribution in [2.24, 2.45) is 7.05 Å². The number of thiophene rings is 1.